The minimum Gasteiger partial charge on any atom is -0.451 e. The molecule has 1 fully saturated rings. The van der Waals surface area contributed by atoms with Gasteiger partial charge in [0.15, 0.2) is 0 Å². The molecule has 1 saturated carbocycles. The molecule has 8 heteroatoms. The molecule has 0 bridgehead atoms. The molecule has 0 N–H and O–H groups in total. The Morgan fingerprint density at radius 1 is 1.13 bits per heavy atom. The highest BCUT2D eigenvalue weighted by Gasteiger charge is 2.43. The molecule has 2 amide bonds. The number of thiocarbonyl (C=S) groups is 1. The van der Waals surface area contributed by atoms with Crippen molar-refractivity contribution in [3.05, 3.63) is 30.3 Å². The summed E-state index contributed by atoms with van der Waals surface area (Å²) in [5.41, 5.74) is -0.760. The summed E-state index contributed by atoms with van der Waals surface area (Å²) in [5.74, 6) is 0.843. The molecule has 3 atom stereocenters. The van der Waals surface area contributed by atoms with E-state index in [1.807, 2.05) is 18.2 Å². The van der Waals surface area contributed by atoms with E-state index in [2.05, 4.69) is 6.92 Å². The number of amides is 2. The topological polar surface area (TPSA) is 74.3 Å². The second-order valence-electron chi connectivity index (χ2n) is 8.36. The molecule has 1 aromatic rings. The monoisotopic (exact) mass is 437 g/mol. The molecule has 0 radical (unpaired) electrons. The van der Waals surface area contributed by atoms with Crippen molar-refractivity contribution in [3.63, 3.8) is 0 Å². The number of hydrogen-bond acceptors (Lipinski definition) is 7. The van der Waals surface area contributed by atoms with Crippen LogP contribution in [0.1, 0.15) is 53.9 Å². The number of carbonyl (C=O) groups is 2. The first kappa shape index (κ1) is 23.9. The van der Waals surface area contributed by atoms with Gasteiger partial charge in [-0.25, -0.2) is 14.5 Å². The molecule has 2 unspecified atom stereocenters. The highest BCUT2D eigenvalue weighted by Crippen LogP contribution is 2.32. The van der Waals surface area contributed by atoms with Crippen LogP contribution < -0.4 is 4.74 Å². The Labute approximate surface area is 183 Å². The highest BCUT2D eigenvalue weighted by atomic mass is 32.1. The Morgan fingerprint density at radius 2 is 1.80 bits per heavy atom. The van der Waals surface area contributed by atoms with Crippen LogP contribution >= 0.6 is 12.2 Å². The van der Waals surface area contributed by atoms with Crippen molar-refractivity contribution in [2.45, 2.75) is 71.6 Å². The SMILES string of the molecule is CCOC(=O)N(C(=O)OC(C)(C)C)C1CC(C)CC[C@H]1OC(=S)Oc1ccccc1. The summed E-state index contributed by atoms with van der Waals surface area (Å²) in [6.45, 7) is 9.13. The van der Waals surface area contributed by atoms with E-state index in [0.29, 0.717) is 18.6 Å². The predicted octanol–water partition coefficient (Wildman–Crippen LogP) is 5.32. The zero-order valence-corrected chi connectivity index (χ0v) is 19.1. The molecule has 0 spiro atoms. The fourth-order valence-electron chi connectivity index (χ4n) is 3.31. The van der Waals surface area contributed by atoms with E-state index in [0.717, 1.165) is 11.3 Å². The summed E-state index contributed by atoms with van der Waals surface area (Å²) >= 11 is 5.26. The molecular weight excluding hydrogens is 406 g/mol. The number of rotatable bonds is 4. The van der Waals surface area contributed by atoms with Crippen molar-refractivity contribution in [1.82, 2.24) is 4.90 Å². The quantitative estimate of drug-likeness (QED) is 0.590. The highest BCUT2D eigenvalue weighted by molar-refractivity contribution is 7.79. The van der Waals surface area contributed by atoms with Gasteiger partial charge < -0.3 is 18.9 Å². The molecule has 1 aliphatic rings. The van der Waals surface area contributed by atoms with Gasteiger partial charge in [-0.1, -0.05) is 25.1 Å². The van der Waals surface area contributed by atoms with Crippen molar-refractivity contribution >= 4 is 29.6 Å². The summed E-state index contributed by atoms with van der Waals surface area (Å²) in [5, 5.41) is -0.0567. The van der Waals surface area contributed by atoms with Gasteiger partial charge in [0.05, 0.1) is 12.6 Å². The Balaban J connectivity index is 2.21. The molecule has 0 saturated heterocycles. The van der Waals surface area contributed by atoms with Crippen LogP contribution in [0, 0.1) is 5.92 Å². The normalized spacial score (nSPS) is 21.3. The van der Waals surface area contributed by atoms with Crippen LogP contribution in [-0.2, 0) is 14.2 Å². The van der Waals surface area contributed by atoms with Crippen LogP contribution in [0.4, 0.5) is 9.59 Å². The number of imide groups is 1. The third kappa shape index (κ3) is 7.16. The summed E-state index contributed by atoms with van der Waals surface area (Å²) in [6.07, 6.45) is 0.00630. The van der Waals surface area contributed by atoms with E-state index in [1.54, 1.807) is 39.8 Å². The number of hydrogen-bond donors (Lipinski definition) is 0. The van der Waals surface area contributed by atoms with E-state index in [4.69, 9.17) is 31.2 Å². The lowest BCUT2D eigenvalue weighted by atomic mass is 9.84. The van der Waals surface area contributed by atoms with Crippen LogP contribution in [0.5, 0.6) is 5.75 Å². The second-order valence-corrected chi connectivity index (χ2v) is 8.69. The number of carbonyl (C=O) groups excluding carboxylic acids is 2. The van der Waals surface area contributed by atoms with Gasteiger partial charge in [-0.05, 0) is 65.0 Å². The second kappa shape index (κ2) is 10.6. The largest absolute Gasteiger partial charge is 0.451 e. The third-order valence-corrected chi connectivity index (χ3v) is 4.77. The average Bonchev–Trinajstić information content (AvgIpc) is 2.63. The zero-order chi connectivity index (χ0) is 22.3. The molecular formula is C22H31NO6S. The maximum Gasteiger partial charge on any atom is 0.420 e. The fraction of sp³-hybridized carbons (Fsp3) is 0.591. The Bertz CT molecular complexity index is 733. The van der Waals surface area contributed by atoms with Crippen molar-refractivity contribution in [2.24, 2.45) is 5.92 Å². The van der Waals surface area contributed by atoms with Gasteiger partial charge in [0.2, 0.25) is 0 Å². The fourth-order valence-corrected chi connectivity index (χ4v) is 3.53. The molecule has 7 nitrogen and oxygen atoms in total. The summed E-state index contributed by atoms with van der Waals surface area (Å²) in [7, 11) is 0. The van der Waals surface area contributed by atoms with Gasteiger partial charge in [-0.2, -0.15) is 0 Å². The Kier molecular flexibility index (Phi) is 8.46. The van der Waals surface area contributed by atoms with E-state index in [-0.39, 0.29) is 17.8 Å². The summed E-state index contributed by atoms with van der Waals surface area (Å²) in [6, 6.07) is 8.47. The van der Waals surface area contributed by atoms with Crippen LogP contribution in [0.3, 0.4) is 0 Å². The summed E-state index contributed by atoms with van der Waals surface area (Å²) in [4.78, 5) is 26.6. The van der Waals surface area contributed by atoms with Crippen molar-refractivity contribution in [1.29, 1.82) is 0 Å². The Hall–Kier alpha value is -2.35. The van der Waals surface area contributed by atoms with E-state index in [9.17, 15) is 9.59 Å². The van der Waals surface area contributed by atoms with Crippen molar-refractivity contribution in [2.75, 3.05) is 6.61 Å². The maximum atomic E-state index is 12.9. The average molecular weight is 438 g/mol. The van der Waals surface area contributed by atoms with Crippen LogP contribution in [0.25, 0.3) is 0 Å². The van der Waals surface area contributed by atoms with Crippen molar-refractivity contribution < 1.29 is 28.5 Å². The minimum atomic E-state index is -0.761. The third-order valence-electron chi connectivity index (χ3n) is 4.60. The lowest BCUT2D eigenvalue weighted by Gasteiger charge is -2.40. The van der Waals surface area contributed by atoms with Gasteiger partial charge in [-0.3, -0.25) is 0 Å². The van der Waals surface area contributed by atoms with Gasteiger partial charge in [-0.15, -0.1) is 0 Å². The van der Waals surface area contributed by atoms with Crippen LogP contribution in [0.15, 0.2) is 30.3 Å². The molecule has 0 aromatic heterocycles. The predicted molar refractivity (Wildman–Crippen MR) is 116 cm³/mol. The first-order valence-corrected chi connectivity index (χ1v) is 10.6. The first-order chi connectivity index (χ1) is 14.1. The van der Waals surface area contributed by atoms with Gasteiger partial charge in [0.25, 0.3) is 0 Å². The zero-order valence-electron chi connectivity index (χ0n) is 18.3. The van der Waals surface area contributed by atoms with Gasteiger partial charge >= 0.3 is 17.4 Å². The number of nitrogens with zero attached hydrogens (tertiary/aromatic N) is 1. The number of benzene rings is 1. The number of ether oxygens (including phenoxy) is 4. The lowest BCUT2D eigenvalue weighted by molar-refractivity contribution is -0.0213. The maximum absolute atomic E-state index is 12.9. The molecule has 30 heavy (non-hydrogen) atoms. The molecule has 2 rings (SSSR count). The van der Waals surface area contributed by atoms with Crippen LogP contribution in [-0.4, -0.2) is 46.7 Å². The van der Waals surface area contributed by atoms with Crippen LogP contribution in [0.2, 0.25) is 0 Å². The minimum absolute atomic E-state index is 0.0567. The van der Waals surface area contributed by atoms with E-state index in [1.165, 1.54) is 0 Å². The number of para-hydroxylation sites is 1. The van der Waals surface area contributed by atoms with Gasteiger partial charge in [0.1, 0.15) is 17.5 Å². The Morgan fingerprint density at radius 3 is 2.40 bits per heavy atom. The molecule has 166 valence electrons. The van der Waals surface area contributed by atoms with Gasteiger partial charge in [0, 0.05) is 12.2 Å². The smallest absolute Gasteiger partial charge is 0.420 e. The first-order valence-electron chi connectivity index (χ1n) is 10.2. The standard InChI is InChI=1S/C22H31NO6S/c1-6-26-19(24)23(20(25)29-22(3,4)5)17-14-15(2)12-13-18(17)28-21(30)27-16-10-8-7-9-11-16/h7-11,15,17-18H,6,12-14H2,1-5H3/t15?,17?,18-/m1/s1. The van der Waals surface area contributed by atoms with Crippen molar-refractivity contribution in [3.8, 4) is 5.75 Å². The molecule has 1 aromatic carbocycles. The molecule has 0 aliphatic heterocycles. The van der Waals surface area contributed by atoms with E-state index >= 15 is 0 Å². The molecule has 0 heterocycles. The summed E-state index contributed by atoms with van der Waals surface area (Å²) < 4.78 is 22.1. The molecule has 1 aliphatic carbocycles. The van der Waals surface area contributed by atoms with E-state index < -0.39 is 29.9 Å². The lowest BCUT2D eigenvalue weighted by Crippen LogP contribution is -2.55.